The lowest BCUT2D eigenvalue weighted by Crippen LogP contribution is -2.43. The summed E-state index contributed by atoms with van der Waals surface area (Å²) in [6.45, 7) is 4.26. The first kappa shape index (κ1) is 22.9. The molecule has 7 nitrogen and oxygen atoms in total. The normalized spacial score (nSPS) is 11.0. The van der Waals surface area contributed by atoms with Crippen LogP contribution in [0.2, 0.25) is 0 Å². The predicted octanol–water partition coefficient (Wildman–Crippen LogP) is 4.67. The van der Waals surface area contributed by atoms with Crippen molar-refractivity contribution in [2.45, 2.75) is 38.9 Å². The van der Waals surface area contributed by atoms with Crippen LogP contribution >= 0.6 is 0 Å². The zero-order valence-corrected chi connectivity index (χ0v) is 17.0. The Morgan fingerprint density at radius 1 is 0.867 bits per heavy atom. The van der Waals surface area contributed by atoms with Crippen LogP contribution in [0.25, 0.3) is 0 Å². The number of benzene rings is 2. The molecule has 7 heteroatoms. The van der Waals surface area contributed by atoms with Crippen LogP contribution in [0.15, 0.2) is 65.7 Å². The number of hydrogen-bond donors (Lipinski definition) is 1. The lowest BCUT2D eigenvalue weighted by atomic mass is 10.2. The van der Waals surface area contributed by atoms with Crippen LogP contribution in [-0.2, 0) is 22.7 Å². The van der Waals surface area contributed by atoms with Gasteiger partial charge in [-0.1, -0.05) is 86.8 Å². The molecule has 0 aliphatic heterocycles. The lowest BCUT2D eigenvalue weighted by Gasteiger charge is -2.21. The number of nitrogens with two attached hydrogens (primary N) is 1. The van der Waals surface area contributed by atoms with E-state index in [4.69, 9.17) is 15.2 Å². The molecule has 1 radical (unpaired) electrons. The maximum Gasteiger partial charge on any atom is 0.437 e. The number of unbranched alkanes of at least 4 members (excludes halogenated alkanes) is 3. The molecule has 0 fully saturated rings. The van der Waals surface area contributed by atoms with E-state index >= 15 is 0 Å². The van der Waals surface area contributed by atoms with Crippen LogP contribution in [0, 0.1) is 6.92 Å². The first-order chi connectivity index (χ1) is 14.6. The second kappa shape index (κ2) is 13.0. The van der Waals surface area contributed by atoms with E-state index in [0.717, 1.165) is 35.3 Å². The Morgan fingerprint density at radius 3 is 2.00 bits per heavy atom. The molecule has 2 N–H and O–H groups in total. The number of rotatable bonds is 9. The molecule has 0 saturated heterocycles. The average Bonchev–Trinajstić information content (AvgIpc) is 2.77. The molecule has 0 spiro atoms. The standard InChI is InChI=1S/C23H28N3O4/c1-2-3-4-11-16-26(23(28)30-18-20-14-9-6-10-15-20)21(24)25-22(27)29-17-19-12-7-5-8-13-19/h5-10,12-15H,1-4,11,16-18H2,(H2,24,25,27). The van der Waals surface area contributed by atoms with E-state index in [9.17, 15) is 9.59 Å². The zero-order valence-electron chi connectivity index (χ0n) is 17.0. The number of nitrogens with zero attached hydrogens (tertiary/aromatic N) is 2. The number of guanidine groups is 1. The molecule has 2 aromatic carbocycles. The van der Waals surface area contributed by atoms with Crippen LogP contribution in [0.1, 0.15) is 36.8 Å². The molecule has 2 amide bonds. The van der Waals surface area contributed by atoms with E-state index in [1.54, 1.807) is 0 Å². The fraction of sp³-hybridized carbons (Fsp3) is 0.304. The Balaban J connectivity index is 1.96. The highest BCUT2D eigenvalue weighted by Crippen LogP contribution is 2.07. The van der Waals surface area contributed by atoms with Gasteiger partial charge in [-0.2, -0.15) is 0 Å². The minimum atomic E-state index is -0.866. The summed E-state index contributed by atoms with van der Waals surface area (Å²) in [5.74, 6) is -0.249. The highest BCUT2D eigenvalue weighted by Gasteiger charge is 2.20. The van der Waals surface area contributed by atoms with Crippen LogP contribution in [0.4, 0.5) is 9.59 Å². The third-order valence-electron chi connectivity index (χ3n) is 4.24. The SMILES string of the molecule is [CH2]CCCCCN(C(=O)OCc1ccccc1)C(N)=NC(=O)OCc1ccccc1. The molecule has 2 aromatic rings. The van der Waals surface area contributed by atoms with Gasteiger partial charge in [0, 0.05) is 6.54 Å². The summed E-state index contributed by atoms with van der Waals surface area (Å²) in [6, 6.07) is 18.5. The molecule has 0 saturated carbocycles. The van der Waals surface area contributed by atoms with Gasteiger partial charge in [-0.15, -0.1) is 4.99 Å². The first-order valence-electron chi connectivity index (χ1n) is 9.92. The second-order valence-electron chi connectivity index (χ2n) is 6.62. The number of hydrogen-bond acceptors (Lipinski definition) is 4. The monoisotopic (exact) mass is 410 g/mol. The summed E-state index contributed by atoms with van der Waals surface area (Å²) in [6.07, 6.45) is 1.78. The van der Waals surface area contributed by atoms with Crippen LogP contribution < -0.4 is 5.73 Å². The lowest BCUT2D eigenvalue weighted by molar-refractivity contribution is 0.115. The largest absolute Gasteiger partial charge is 0.444 e. The van der Waals surface area contributed by atoms with Gasteiger partial charge in [0.1, 0.15) is 13.2 Å². The van der Waals surface area contributed by atoms with E-state index in [2.05, 4.69) is 11.9 Å². The quantitative estimate of drug-likeness (QED) is 0.368. The molecule has 0 atom stereocenters. The van der Waals surface area contributed by atoms with E-state index in [1.807, 2.05) is 60.7 Å². The molecular formula is C23H28N3O4. The third kappa shape index (κ3) is 8.34. The van der Waals surface area contributed by atoms with E-state index < -0.39 is 12.2 Å². The second-order valence-corrected chi connectivity index (χ2v) is 6.62. The number of amides is 2. The maximum absolute atomic E-state index is 12.6. The molecule has 0 aliphatic carbocycles. The number of carbonyl (C=O) groups excluding carboxylic acids is 2. The predicted molar refractivity (Wildman–Crippen MR) is 115 cm³/mol. The van der Waals surface area contributed by atoms with Crippen LogP contribution in [0.5, 0.6) is 0 Å². The highest BCUT2D eigenvalue weighted by molar-refractivity contribution is 5.97. The van der Waals surface area contributed by atoms with Gasteiger partial charge in [0.25, 0.3) is 0 Å². The van der Waals surface area contributed by atoms with Crippen molar-refractivity contribution >= 4 is 18.1 Å². The van der Waals surface area contributed by atoms with Crippen molar-refractivity contribution in [2.75, 3.05) is 6.54 Å². The van der Waals surface area contributed by atoms with Crippen molar-refractivity contribution in [3.05, 3.63) is 78.7 Å². The highest BCUT2D eigenvalue weighted by atomic mass is 16.6. The van der Waals surface area contributed by atoms with Crippen molar-refractivity contribution in [3.63, 3.8) is 0 Å². The fourth-order valence-corrected chi connectivity index (χ4v) is 2.63. The van der Waals surface area contributed by atoms with Gasteiger partial charge < -0.3 is 15.2 Å². The van der Waals surface area contributed by atoms with Gasteiger partial charge in [-0.05, 0) is 17.5 Å². The summed E-state index contributed by atoms with van der Waals surface area (Å²) < 4.78 is 10.4. The number of aliphatic imine (C=N–C) groups is 1. The average molecular weight is 410 g/mol. The molecule has 0 bridgehead atoms. The molecule has 0 unspecified atom stereocenters. The Morgan fingerprint density at radius 2 is 1.43 bits per heavy atom. The van der Waals surface area contributed by atoms with Crippen molar-refractivity contribution < 1.29 is 19.1 Å². The molecule has 2 rings (SSSR count). The van der Waals surface area contributed by atoms with E-state index in [0.29, 0.717) is 6.42 Å². The van der Waals surface area contributed by atoms with Crippen LogP contribution in [-0.4, -0.2) is 29.6 Å². The van der Waals surface area contributed by atoms with Gasteiger partial charge in [0.15, 0.2) is 0 Å². The third-order valence-corrected chi connectivity index (χ3v) is 4.24. The van der Waals surface area contributed by atoms with Crippen molar-refractivity contribution in [2.24, 2.45) is 10.7 Å². The Bertz CT molecular complexity index is 810. The van der Waals surface area contributed by atoms with E-state index in [-0.39, 0.29) is 25.7 Å². The topological polar surface area (TPSA) is 94.2 Å². The minimum absolute atomic E-state index is 0.0679. The maximum atomic E-state index is 12.6. The fourth-order valence-electron chi connectivity index (χ4n) is 2.63. The van der Waals surface area contributed by atoms with Crippen molar-refractivity contribution in [1.82, 2.24) is 4.90 Å². The summed E-state index contributed by atoms with van der Waals surface area (Å²) in [5, 5.41) is 0. The molecule has 0 aromatic heterocycles. The minimum Gasteiger partial charge on any atom is -0.444 e. The Kier molecular flexibility index (Phi) is 9.92. The van der Waals surface area contributed by atoms with Gasteiger partial charge in [0.2, 0.25) is 5.96 Å². The number of carbonyl (C=O) groups is 2. The first-order valence-corrected chi connectivity index (χ1v) is 9.92. The van der Waals surface area contributed by atoms with Crippen LogP contribution in [0.3, 0.4) is 0 Å². The molecule has 0 heterocycles. The van der Waals surface area contributed by atoms with Gasteiger partial charge in [-0.3, -0.25) is 0 Å². The Hall–Kier alpha value is -3.35. The van der Waals surface area contributed by atoms with Crippen molar-refractivity contribution in [1.29, 1.82) is 0 Å². The van der Waals surface area contributed by atoms with Gasteiger partial charge >= 0.3 is 12.2 Å². The Labute approximate surface area is 177 Å². The summed E-state index contributed by atoms with van der Waals surface area (Å²) in [5.41, 5.74) is 7.61. The summed E-state index contributed by atoms with van der Waals surface area (Å²) in [4.78, 5) is 29.5. The van der Waals surface area contributed by atoms with Gasteiger partial charge in [-0.25, -0.2) is 14.5 Å². The summed E-state index contributed by atoms with van der Waals surface area (Å²) >= 11 is 0. The molecular weight excluding hydrogens is 382 g/mol. The van der Waals surface area contributed by atoms with Crippen molar-refractivity contribution in [3.8, 4) is 0 Å². The smallest absolute Gasteiger partial charge is 0.437 e. The summed E-state index contributed by atoms with van der Waals surface area (Å²) in [7, 11) is 0. The zero-order chi connectivity index (χ0) is 21.6. The number of ether oxygens (including phenoxy) is 2. The molecule has 0 aliphatic rings. The van der Waals surface area contributed by atoms with E-state index in [1.165, 1.54) is 0 Å². The van der Waals surface area contributed by atoms with Gasteiger partial charge in [0.05, 0.1) is 0 Å². The molecule has 30 heavy (non-hydrogen) atoms. The molecule has 159 valence electrons.